The van der Waals surface area contributed by atoms with E-state index in [2.05, 4.69) is 6.58 Å². The average molecular weight is 112 g/mol. The summed E-state index contributed by atoms with van der Waals surface area (Å²) >= 11 is 0. The lowest BCUT2D eigenvalue weighted by atomic mass is 10.2. The zero-order valence-electron chi connectivity index (χ0n) is 5.01. The average Bonchev–Trinajstić information content (AvgIpc) is 2.48. The summed E-state index contributed by atoms with van der Waals surface area (Å²) in [6, 6.07) is 0. The van der Waals surface area contributed by atoms with Crippen molar-refractivity contribution >= 4 is 0 Å². The van der Waals surface area contributed by atoms with Gasteiger partial charge in [-0.05, 0) is 24.7 Å². The Balaban J connectivity index is 2.07. The molecule has 1 saturated carbocycles. The summed E-state index contributed by atoms with van der Waals surface area (Å²) in [7, 11) is 0. The lowest BCUT2D eigenvalue weighted by molar-refractivity contribution is 0.269. The highest BCUT2D eigenvalue weighted by Gasteiger charge is 2.34. The third-order valence-electron chi connectivity index (χ3n) is 1.77. The van der Waals surface area contributed by atoms with Crippen LogP contribution in [-0.2, 0) is 0 Å². The summed E-state index contributed by atoms with van der Waals surface area (Å²) in [6.45, 7) is 4.00. The van der Waals surface area contributed by atoms with Crippen molar-refractivity contribution in [3.63, 3.8) is 0 Å². The standard InChI is InChI=1S/C7H12O/c1-2-3-6-4-7(6)5-8/h2,6-8H,1,3-5H2. The Hall–Kier alpha value is -0.300. The van der Waals surface area contributed by atoms with Gasteiger partial charge in [-0.1, -0.05) is 6.08 Å². The molecule has 46 valence electrons. The summed E-state index contributed by atoms with van der Waals surface area (Å²) in [4.78, 5) is 0. The minimum absolute atomic E-state index is 0.374. The van der Waals surface area contributed by atoms with E-state index in [0.717, 1.165) is 12.3 Å². The van der Waals surface area contributed by atoms with E-state index >= 15 is 0 Å². The van der Waals surface area contributed by atoms with Gasteiger partial charge < -0.3 is 5.11 Å². The predicted octanol–water partition coefficient (Wildman–Crippen LogP) is 1.19. The molecule has 0 aromatic heterocycles. The summed E-state index contributed by atoms with van der Waals surface area (Å²) < 4.78 is 0. The molecule has 1 N–H and O–H groups in total. The van der Waals surface area contributed by atoms with E-state index in [-0.39, 0.29) is 0 Å². The highest BCUT2D eigenvalue weighted by molar-refractivity contribution is 4.90. The van der Waals surface area contributed by atoms with Crippen LogP contribution in [0.4, 0.5) is 0 Å². The normalized spacial score (nSPS) is 34.6. The van der Waals surface area contributed by atoms with Gasteiger partial charge in [0.1, 0.15) is 0 Å². The van der Waals surface area contributed by atoms with Crippen molar-refractivity contribution in [3.05, 3.63) is 12.7 Å². The third kappa shape index (κ3) is 1.10. The molecule has 1 aliphatic rings. The molecule has 0 spiro atoms. The minimum Gasteiger partial charge on any atom is -0.396 e. The van der Waals surface area contributed by atoms with Crippen LogP contribution in [0.1, 0.15) is 12.8 Å². The molecular weight excluding hydrogens is 100 g/mol. The lowest BCUT2D eigenvalue weighted by Gasteiger charge is -1.86. The number of aliphatic hydroxyl groups excluding tert-OH is 1. The summed E-state index contributed by atoms with van der Waals surface area (Å²) in [5, 5.41) is 8.57. The fourth-order valence-electron chi connectivity index (χ4n) is 1.04. The van der Waals surface area contributed by atoms with Crippen LogP contribution in [0.15, 0.2) is 12.7 Å². The monoisotopic (exact) mass is 112 g/mol. The van der Waals surface area contributed by atoms with E-state index in [4.69, 9.17) is 5.11 Å². The van der Waals surface area contributed by atoms with Gasteiger partial charge in [0.25, 0.3) is 0 Å². The minimum atomic E-state index is 0.374. The van der Waals surface area contributed by atoms with Crippen LogP contribution >= 0.6 is 0 Å². The molecule has 0 aliphatic heterocycles. The Labute approximate surface area is 50.0 Å². The fraction of sp³-hybridized carbons (Fsp3) is 0.714. The Morgan fingerprint density at radius 3 is 2.75 bits per heavy atom. The SMILES string of the molecule is C=CCC1CC1CO. The summed E-state index contributed by atoms with van der Waals surface area (Å²) in [5.41, 5.74) is 0. The van der Waals surface area contributed by atoms with Crippen molar-refractivity contribution in [1.82, 2.24) is 0 Å². The summed E-state index contributed by atoms with van der Waals surface area (Å²) in [6.07, 6.45) is 4.23. The first-order valence-electron chi connectivity index (χ1n) is 3.10. The van der Waals surface area contributed by atoms with Crippen molar-refractivity contribution < 1.29 is 5.11 Å². The second-order valence-electron chi connectivity index (χ2n) is 2.46. The van der Waals surface area contributed by atoms with E-state index in [1.807, 2.05) is 6.08 Å². The van der Waals surface area contributed by atoms with Crippen molar-refractivity contribution in [2.45, 2.75) is 12.8 Å². The predicted molar refractivity (Wildman–Crippen MR) is 33.5 cm³/mol. The molecule has 0 aromatic carbocycles. The first-order chi connectivity index (χ1) is 3.88. The molecule has 0 radical (unpaired) electrons. The van der Waals surface area contributed by atoms with Crippen LogP contribution in [0.2, 0.25) is 0 Å². The molecule has 0 heterocycles. The maximum Gasteiger partial charge on any atom is 0.0462 e. The van der Waals surface area contributed by atoms with Crippen LogP contribution in [0.25, 0.3) is 0 Å². The van der Waals surface area contributed by atoms with E-state index in [1.54, 1.807) is 0 Å². The quantitative estimate of drug-likeness (QED) is 0.544. The third-order valence-corrected chi connectivity index (χ3v) is 1.77. The van der Waals surface area contributed by atoms with Gasteiger partial charge in [-0.2, -0.15) is 0 Å². The highest BCUT2D eigenvalue weighted by atomic mass is 16.3. The van der Waals surface area contributed by atoms with Crippen LogP contribution in [0.5, 0.6) is 0 Å². The Kier molecular flexibility index (Phi) is 1.69. The molecule has 0 bridgehead atoms. The Morgan fingerprint density at radius 2 is 2.38 bits per heavy atom. The smallest absolute Gasteiger partial charge is 0.0462 e. The molecule has 0 saturated heterocycles. The molecule has 1 aliphatic carbocycles. The second-order valence-corrected chi connectivity index (χ2v) is 2.46. The van der Waals surface area contributed by atoms with Crippen LogP contribution < -0.4 is 0 Å². The largest absolute Gasteiger partial charge is 0.396 e. The number of allylic oxidation sites excluding steroid dienone is 1. The van der Waals surface area contributed by atoms with Gasteiger partial charge in [0.15, 0.2) is 0 Å². The van der Waals surface area contributed by atoms with Crippen molar-refractivity contribution in [2.75, 3.05) is 6.61 Å². The Morgan fingerprint density at radius 1 is 1.62 bits per heavy atom. The highest BCUT2D eigenvalue weighted by Crippen LogP contribution is 2.40. The molecule has 1 nitrogen and oxygen atoms in total. The first kappa shape index (κ1) is 5.83. The fourth-order valence-corrected chi connectivity index (χ4v) is 1.04. The van der Waals surface area contributed by atoms with Crippen molar-refractivity contribution in [3.8, 4) is 0 Å². The van der Waals surface area contributed by atoms with Gasteiger partial charge in [0, 0.05) is 6.61 Å². The van der Waals surface area contributed by atoms with E-state index < -0.39 is 0 Å². The van der Waals surface area contributed by atoms with Crippen molar-refractivity contribution in [2.24, 2.45) is 11.8 Å². The van der Waals surface area contributed by atoms with E-state index in [9.17, 15) is 0 Å². The van der Waals surface area contributed by atoms with Gasteiger partial charge in [-0.15, -0.1) is 6.58 Å². The maximum atomic E-state index is 8.57. The number of aliphatic hydroxyl groups is 1. The zero-order valence-corrected chi connectivity index (χ0v) is 5.01. The van der Waals surface area contributed by atoms with E-state index in [0.29, 0.717) is 12.5 Å². The van der Waals surface area contributed by atoms with Crippen LogP contribution in [-0.4, -0.2) is 11.7 Å². The van der Waals surface area contributed by atoms with Gasteiger partial charge in [-0.25, -0.2) is 0 Å². The maximum absolute atomic E-state index is 8.57. The molecule has 1 rings (SSSR count). The molecule has 0 amide bonds. The van der Waals surface area contributed by atoms with Gasteiger partial charge >= 0.3 is 0 Å². The molecule has 2 unspecified atom stereocenters. The van der Waals surface area contributed by atoms with Crippen LogP contribution in [0, 0.1) is 11.8 Å². The molecule has 2 atom stereocenters. The zero-order chi connectivity index (χ0) is 5.98. The van der Waals surface area contributed by atoms with Gasteiger partial charge in [-0.3, -0.25) is 0 Å². The lowest BCUT2D eigenvalue weighted by Crippen LogP contribution is -1.86. The topological polar surface area (TPSA) is 20.2 Å². The van der Waals surface area contributed by atoms with Gasteiger partial charge in [0.05, 0.1) is 0 Å². The molecule has 0 aromatic rings. The molecule has 8 heavy (non-hydrogen) atoms. The van der Waals surface area contributed by atoms with E-state index in [1.165, 1.54) is 6.42 Å². The van der Waals surface area contributed by atoms with Crippen molar-refractivity contribution in [1.29, 1.82) is 0 Å². The molecular formula is C7H12O. The number of hydrogen-bond donors (Lipinski definition) is 1. The summed E-state index contributed by atoms with van der Waals surface area (Å²) in [5.74, 6) is 1.37. The number of rotatable bonds is 3. The second kappa shape index (κ2) is 2.31. The van der Waals surface area contributed by atoms with Crippen LogP contribution in [0.3, 0.4) is 0 Å². The number of hydrogen-bond acceptors (Lipinski definition) is 1. The molecule has 1 fully saturated rings. The molecule has 1 heteroatoms. The first-order valence-corrected chi connectivity index (χ1v) is 3.10. The van der Waals surface area contributed by atoms with Gasteiger partial charge in [0.2, 0.25) is 0 Å². The Bertz CT molecular complexity index is 88.4.